The number of hydrogen-bond acceptors (Lipinski definition) is 5. The molecule has 1 aromatic carbocycles. The number of hydrazone groups is 1. The van der Waals surface area contributed by atoms with Crippen LogP contribution in [0.25, 0.3) is 0 Å². The third-order valence-electron chi connectivity index (χ3n) is 4.39. The van der Waals surface area contributed by atoms with Crippen LogP contribution in [-0.2, 0) is 4.79 Å². The summed E-state index contributed by atoms with van der Waals surface area (Å²) in [5, 5.41) is 14.0. The Morgan fingerprint density at radius 2 is 1.96 bits per heavy atom. The van der Waals surface area contributed by atoms with Crippen molar-refractivity contribution in [1.82, 2.24) is 15.9 Å². The Hall–Kier alpha value is -1.46. The molecule has 3 atom stereocenters. The van der Waals surface area contributed by atoms with Crippen LogP contribution in [0.3, 0.4) is 0 Å². The maximum Gasteiger partial charge on any atom is 0.287 e. The molecule has 1 amide bonds. The number of nitrogens with zero attached hydrogens (tertiary/aromatic N) is 2. The quantitative estimate of drug-likeness (QED) is 0.644. The van der Waals surface area contributed by atoms with Gasteiger partial charge in [-0.15, -0.1) is 0 Å². The van der Waals surface area contributed by atoms with Crippen LogP contribution in [0.4, 0.5) is 17.6 Å². The predicted molar refractivity (Wildman–Crippen MR) is 89.7 cm³/mol. The fourth-order valence-corrected chi connectivity index (χ4v) is 3.24. The van der Waals surface area contributed by atoms with Gasteiger partial charge in [0.15, 0.2) is 0 Å². The van der Waals surface area contributed by atoms with Crippen molar-refractivity contribution in [3.8, 4) is 0 Å². The highest BCUT2D eigenvalue weighted by Gasteiger charge is 2.54. The van der Waals surface area contributed by atoms with Gasteiger partial charge in [0.2, 0.25) is 5.72 Å². The number of carbonyl (C=O) groups is 1. The topological polar surface area (TPSA) is 77.0 Å². The molecule has 0 bridgehead atoms. The Labute approximate surface area is 161 Å². The lowest BCUT2D eigenvalue weighted by molar-refractivity contribution is -0.193. The maximum absolute atomic E-state index is 13.3. The lowest BCUT2D eigenvalue weighted by atomic mass is 10.0. The summed E-state index contributed by atoms with van der Waals surface area (Å²) in [6, 6.07) is 3.31. The Balaban J connectivity index is 1.78. The molecule has 1 aromatic rings. The molecule has 148 valence electrons. The molecule has 27 heavy (non-hydrogen) atoms. The first-order valence-electron chi connectivity index (χ1n) is 7.79. The lowest BCUT2D eigenvalue weighted by Gasteiger charge is -2.31. The SMILES string of the molecule is O=C(C1CC(c2ccc(Cl)c(Cl)c2)NN1)N1N=C(C(F)F)CC1(O)C(F)F. The van der Waals surface area contributed by atoms with Gasteiger partial charge < -0.3 is 5.11 Å². The Kier molecular flexibility index (Phi) is 5.64. The molecule has 1 fully saturated rings. The molecule has 2 aliphatic rings. The van der Waals surface area contributed by atoms with Crippen molar-refractivity contribution in [2.45, 2.75) is 43.5 Å². The number of benzene rings is 1. The van der Waals surface area contributed by atoms with E-state index in [9.17, 15) is 27.5 Å². The van der Waals surface area contributed by atoms with Crippen molar-refractivity contribution in [3.05, 3.63) is 33.8 Å². The zero-order chi connectivity index (χ0) is 19.9. The summed E-state index contributed by atoms with van der Waals surface area (Å²) in [5.41, 5.74) is 2.00. The fraction of sp³-hybridized carbons (Fsp3) is 0.467. The molecular weight excluding hydrogens is 415 g/mol. The summed E-state index contributed by atoms with van der Waals surface area (Å²) in [4.78, 5) is 12.6. The molecule has 2 aliphatic heterocycles. The first-order valence-corrected chi connectivity index (χ1v) is 8.55. The third kappa shape index (κ3) is 3.77. The first-order chi connectivity index (χ1) is 12.6. The van der Waals surface area contributed by atoms with E-state index in [4.69, 9.17) is 23.2 Å². The van der Waals surface area contributed by atoms with Gasteiger partial charge in [-0.2, -0.15) is 10.1 Å². The lowest BCUT2D eigenvalue weighted by Crippen LogP contribution is -2.56. The van der Waals surface area contributed by atoms with Crippen molar-refractivity contribution in [2.24, 2.45) is 5.10 Å². The number of amides is 1. The van der Waals surface area contributed by atoms with Gasteiger partial charge in [0.1, 0.15) is 11.8 Å². The average Bonchev–Trinajstić information content (AvgIpc) is 3.22. The minimum Gasteiger partial charge on any atom is -0.364 e. The van der Waals surface area contributed by atoms with Crippen molar-refractivity contribution < 1.29 is 27.5 Å². The Bertz CT molecular complexity index is 782. The van der Waals surface area contributed by atoms with E-state index < -0.39 is 48.7 Å². The normalized spacial score (nSPS) is 28.3. The minimum atomic E-state index is -3.47. The van der Waals surface area contributed by atoms with Gasteiger partial charge in [-0.3, -0.25) is 4.79 Å². The van der Waals surface area contributed by atoms with Gasteiger partial charge in [0.05, 0.1) is 10.0 Å². The van der Waals surface area contributed by atoms with E-state index in [0.717, 1.165) is 0 Å². The number of nitrogens with one attached hydrogen (secondary N) is 2. The van der Waals surface area contributed by atoms with Crippen molar-refractivity contribution in [1.29, 1.82) is 0 Å². The minimum absolute atomic E-state index is 0.0513. The number of aliphatic hydroxyl groups is 1. The zero-order valence-corrected chi connectivity index (χ0v) is 15.0. The highest BCUT2D eigenvalue weighted by atomic mass is 35.5. The highest BCUT2D eigenvalue weighted by molar-refractivity contribution is 6.42. The van der Waals surface area contributed by atoms with E-state index in [2.05, 4.69) is 16.0 Å². The number of hydrogen-bond donors (Lipinski definition) is 3. The molecular formula is C15H14Cl2F4N4O2. The second-order valence-corrected chi connectivity index (χ2v) is 7.02. The molecule has 0 aliphatic carbocycles. The molecule has 1 saturated heterocycles. The second kappa shape index (κ2) is 7.51. The smallest absolute Gasteiger partial charge is 0.287 e. The monoisotopic (exact) mass is 428 g/mol. The summed E-state index contributed by atoms with van der Waals surface area (Å²) in [7, 11) is 0. The van der Waals surface area contributed by atoms with Crippen LogP contribution in [0.15, 0.2) is 23.3 Å². The van der Waals surface area contributed by atoms with E-state index in [1.807, 2.05) is 0 Å². The molecule has 0 saturated carbocycles. The zero-order valence-electron chi connectivity index (χ0n) is 13.5. The molecule has 0 radical (unpaired) electrons. The van der Waals surface area contributed by atoms with Crippen LogP contribution >= 0.6 is 23.2 Å². The largest absolute Gasteiger partial charge is 0.364 e. The van der Waals surface area contributed by atoms with Crippen LogP contribution in [0.2, 0.25) is 10.0 Å². The number of hydrazine groups is 1. The Morgan fingerprint density at radius 3 is 2.56 bits per heavy atom. The van der Waals surface area contributed by atoms with Crippen molar-refractivity contribution in [2.75, 3.05) is 0 Å². The van der Waals surface area contributed by atoms with Crippen molar-refractivity contribution >= 4 is 34.8 Å². The summed E-state index contributed by atoms with van der Waals surface area (Å²) in [6.07, 6.45) is -7.66. The van der Waals surface area contributed by atoms with E-state index >= 15 is 0 Å². The number of alkyl halides is 4. The van der Waals surface area contributed by atoms with Gasteiger partial charge in [-0.05, 0) is 24.1 Å². The van der Waals surface area contributed by atoms with Crippen LogP contribution in [-0.4, -0.2) is 46.4 Å². The predicted octanol–water partition coefficient (Wildman–Crippen LogP) is 2.71. The molecule has 2 heterocycles. The average molecular weight is 429 g/mol. The molecule has 6 nitrogen and oxygen atoms in total. The molecule has 3 N–H and O–H groups in total. The van der Waals surface area contributed by atoms with Crippen LogP contribution in [0.1, 0.15) is 24.4 Å². The number of rotatable bonds is 4. The molecule has 12 heteroatoms. The van der Waals surface area contributed by atoms with Crippen LogP contribution in [0, 0.1) is 0 Å². The summed E-state index contributed by atoms with van der Waals surface area (Å²) >= 11 is 11.8. The van der Waals surface area contributed by atoms with Gasteiger partial charge in [0, 0.05) is 12.5 Å². The molecule has 0 aromatic heterocycles. The summed E-state index contributed by atoms with van der Waals surface area (Å²) in [5.74, 6) is -1.05. The fourth-order valence-electron chi connectivity index (χ4n) is 2.94. The van der Waals surface area contributed by atoms with Gasteiger partial charge in [-0.25, -0.2) is 28.4 Å². The highest BCUT2D eigenvalue weighted by Crippen LogP contribution is 2.35. The molecule has 3 unspecified atom stereocenters. The number of halogens is 6. The third-order valence-corrected chi connectivity index (χ3v) is 5.13. The van der Waals surface area contributed by atoms with E-state index in [-0.39, 0.29) is 11.4 Å². The summed E-state index contributed by atoms with van der Waals surface area (Å²) < 4.78 is 52.2. The van der Waals surface area contributed by atoms with Gasteiger partial charge in [-0.1, -0.05) is 29.3 Å². The maximum atomic E-state index is 13.3. The van der Waals surface area contributed by atoms with Gasteiger partial charge in [0.25, 0.3) is 18.8 Å². The van der Waals surface area contributed by atoms with E-state index in [1.54, 1.807) is 18.2 Å². The first kappa shape index (κ1) is 20.3. The van der Waals surface area contributed by atoms with Gasteiger partial charge >= 0.3 is 0 Å². The van der Waals surface area contributed by atoms with E-state index in [1.165, 1.54) is 0 Å². The molecule has 3 rings (SSSR count). The van der Waals surface area contributed by atoms with Crippen LogP contribution < -0.4 is 10.9 Å². The standard InChI is InChI=1S/C15H14Cl2F4N4O2/c16-7-2-1-6(3-8(7)17)9-4-10(23-22-9)13(26)25-15(27,14(20)21)5-11(24-25)12(18)19/h1-3,9-10,12,14,22-23,27H,4-5H2. The Morgan fingerprint density at radius 1 is 1.26 bits per heavy atom. The van der Waals surface area contributed by atoms with Crippen molar-refractivity contribution in [3.63, 3.8) is 0 Å². The number of carbonyl (C=O) groups excluding carboxylic acids is 1. The second-order valence-electron chi connectivity index (χ2n) is 6.20. The molecule has 0 spiro atoms. The van der Waals surface area contributed by atoms with Crippen LogP contribution in [0.5, 0.6) is 0 Å². The summed E-state index contributed by atoms with van der Waals surface area (Å²) in [6.45, 7) is 0. The van der Waals surface area contributed by atoms with E-state index in [0.29, 0.717) is 15.6 Å².